The van der Waals surface area contributed by atoms with E-state index in [0.717, 1.165) is 29.5 Å². The fraction of sp³-hybridized carbons (Fsp3) is 0.600. The zero-order valence-corrected chi connectivity index (χ0v) is 11.2. The van der Waals surface area contributed by atoms with Crippen molar-refractivity contribution < 1.29 is 0 Å². The van der Waals surface area contributed by atoms with Gasteiger partial charge in [0, 0.05) is 17.3 Å². The molecule has 2 heterocycles. The first-order chi connectivity index (χ1) is 9.31. The van der Waals surface area contributed by atoms with E-state index in [9.17, 15) is 0 Å². The Morgan fingerprint density at radius 3 is 2.74 bits per heavy atom. The number of hydrogen-bond acceptors (Lipinski definition) is 3. The van der Waals surface area contributed by atoms with E-state index < -0.39 is 0 Å². The largest absolute Gasteiger partial charge is 0.384 e. The standard InChI is InChI=1S/C15H20N4/c16-14-8-12(7-10-3-1-2-4-10)18-15-13(11-5-6-11)9-17-19(14)15/h8-11H,1-7,16H2. The van der Waals surface area contributed by atoms with Gasteiger partial charge in [-0.15, -0.1) is 0 Å². The molecule has 2 N–H and O–H groups in total. The third-order valence-corrected chi connectivity index (χ3v) is 4.57. The maximum atomic E-state index is 6.13. The molecule has 0 amide bonds. The van der Waals surface area contributed by atoms with Crippen LogP contribution in [0.5, 0.6) is 0 Å². The van der Waals surface area contributed by atoms with Crippen LogP contribution >= 0.6 is 0 Å². The predicted molar refractivity (Wildman–Crippen MR) is 75.0 cm³/mol. The van der Waals surface area contributed by atoms with Gasteiger partial charge >= 0.3 is 0 Å². The molecule has 4 nitrogen and oxygen atoms in total. The maximum absolute atomic E-state index is 6.13. The average Bonchev–Trinajstić information content (AvgIpc) is 2.94. The summed E-state index contributed by atoms with van der Waals surface area (Å²) in [6.45, 7) is 0. The van der Waals surface area contributed by atoms with Gasteiger partial charge in [-0.25, -0.2) is 4.98 Å². The molecule has 2 aliphatic carbocycles. The minimum Gasteiger partial charge on any atom is -0.384 e. The Balaban J connectivity index is 1.72. The molecule has 0 aliphatic heterocycles. The Hall–Kier alpha value is -1.58. The highest BCUT2D eigenvalue weighted by atomic mass is 15.3. The number of nitrogens with zero attached hydrogens (tertiary/aromatic N) is 3. The fourth-order valence-corrected chi connectivity index (χ4v) is 3.35. The number of nitrogens with two attached hydrogens (primary N) is 1. The van der Waals surface area contributed by atoms with E-state index in [1.165, 1.54) is 44.1 Å². The van der Waals surface area contributed by atoms with Crippen molar-refractivity contribution in [2.45, 2.75) is 50.9 Å². The summed E-state index contributed by atoms with van der Waals surface area (Å²) in [5.74, 6) is 2.21. The number of fused-ring (bicyclic) bond motifs is 1. The summed E-state index contributed by atoms with van der Waals surface area (Å²) in [5.41, 5.74) is 9.57. The molecule has 0 saturated heterocycles. The van der Waals surface area contributed by atoms with E-state index in [0.29, 0.717) is 5.92 Å². The Labute approximate surface area is 113 Å². The van der Waals surface area contributed by atoms with E-state index in [2.05, 4.69) is 5.10 Å². The van der Waals surface area contributed by atoms with Crippen molar-refractivity contribution in [3.05, 3.63) is 23.5 Å². The second-order valence-corrected chi connectivity index (χ2v) is 6.14. The third kappa shape index (κ3) is 1.99. The number of anilines is 1. The second kappa shape index (κ2) is 4.22. The van der Waals surface area contributed by atoms with Crippen LogP contribution in [-0.4, -0.2) is 14.6 Å². The molecule has 2 aromatic heterocycles. The van der Waals surface area contributed by atoms with Gasteiger partial charge in [-0.1, -0.05) is 25.7 Å². The molecule has 0 unspecified atom stereocenters. The average molecular weight is 256 g/mol. The lowest BCUT2D eigenvalue weighted by Crippen LogP contribution is -2.07. The van der Waals surface area contributed by atoms with Crippen molar-refractivity contribution in [1.82, 2.24) is 14.6 Å². The third-order valence-electron chi connectivity index (χ3n) is 4.57. The van der Waals surface area contributed by atoms with Crippen molar-refractivity contribution >= 4 is 11.5 Å². The van der Waals surface area contributed by atoms with Gasteiger partial charge in [0.25, 0.3) is 0 Å². The smallest absolute Gasteiger partial charge is 0.161 e. The second-order valence-electron chi connectivity index (χ2n) is 6.14. The van der Waals surface area contributed by atoms with Gasteiger partial charge in [0.15, 0.2) is 5.65 Å². The molecule has 2 aliphatic rings. The molecule has 100 valence electrons. The molecule has 0 atom stereocenters. The zero-order valence-electron chi connectivity index (χ0n) is 11.2. The monoisotopic (exact) mass is 256 g/mol. The van der Waals surface area contributed by atoms with Gasteiger partial charge in [0.2, 0.25) is 0 Å². The normalized spacial score (nSPS) is 20.4. The summed E-state index contributed by atoms with van der Waals surface area (Å²) in [5, 5.41) is 4.38. The summed E-state index contributed by atoms with van der Waals surface area (Å²) < 4.78 is 1.80. The molecule has 4 rings (SSSR count). The van der Waals surface area contributed by atoms with Crippen LogP contribution in [0.2, 0.25) is 0 Å². The van der Waals surface area contributed by atoms with Crippen LogP contribution in [0.1, 0.15) is 55.7 Å². The van der Waals surface area contributed by atoms with Gasteiger partial charge in [-0.05, 0) is 31.1 Å². The lowest BCUT2D eigenvalue weighted by Gasteiger charge is -2.10. The predicted octanol–water partition coefficient (Wildman–Crippen LogP) is 2.92. The zero-order chi connectivity index (χ0) is 12.8. The van der Waals surface area contributed by atoms with Crippen LogP contribution < -0.4 is 5.73 Å². The number of nitrogen functional groups attached to an aromatic ring is 1. The Morgan fingerprint density at radius 2 is 2.00 bits per heavy atom. The van der Waals surface area contributed by atoms with E-state index >= 15 is 0 Å². The first-order valence-electron chi connectivity index (χ1n) is 7.44. The highest BCUT2D eigenvalue weighted by Crippen LogP contribution is 2.41. The molecule has 0 spiro atoms. The maximum Gasteiger partial charge on any atom is 0.161 e. The van der Waals surface area contributed by atoms with Crippen molar-refractivity contribution in [3.63, 3.8) is 0 Å². The summed E-state index contributed by atoms with van der Waals surface area (Å²) in [7, 11) is 0. The van der Waals surface area contributed by atoms with Gasteiger partial charge < -0.3 is 5.73 Å². The van der Waals surface area contributed by atoms with Crippen LogP contribution in [-0.2, 0) is 6.42 Å². The van der Waals surface area contributed by atoms with Crippen LogP contribution in [0.3, 0.4) is 0 Å². The molecule has 0 bridgehead atoms. The van der Waals surface area contributed by atoms with Crippen LogP contribution in [0.15, 0.2) is 12.3 Å². The Bertz CT molecular complexity index is 606. The number of rotatable bonds is 3. The molecule has 19 heavy (non-hydrogen) atoms. The minimum atomic E-state index is 0.672. The van der Waals surface area contributed by atoms with Crippen molar-refractivity contribution in [1.29, 1.82) is 0 Å². The van der Waals surface area contributed by atoms with Gasteiger partial charge in [0.05, 0.1) is 6.20 Å². The van der Waals surface area contributed by atoms with Crippen molar-refractivity contribution in [2.75, 3.05) is 5.73 Å². The van der Waals surface area contributed by atoms with Crippen LogP contribution in [0, 0.1) is 5.92 Å². The Kier molecular flexibility index (Phi) is 2.50. The first kappa shape index (κ1) is 11.3. The topological polar surface area (TPSA) is 56.2 Å². The van der Waals surface area contributed by atoms with Gasteiger partial charge in [-0.2, -0.15) is 9.61 Å². The summed E-state index contributed by atoms with van der Waals surface area (Å²) >= 11 is 0. The summed E-state index contributed by atoms with van der Waals surface area (Å²) in [6.07, 6.45) is 11.0. The molecular weight excluding hydrogens is 236 g/mol. The molecule has 2 aromatic rings. The van der Waals surface area contributed by atoms with Gasteiger partial charge in [0.1, 0.15) is 5.82 Å². The fourth-order valence-electron chi connectivity index (χ4n) is 3.35. The molecule has 2 fully saturated rings. The molecule has 2 saturated carbocycles. The highest BCUT2D eigenvalue weighted by Gasteiger charge is 2.28. The SMILES string of the molecule is Nc1cc(CC2CCCC2)nc2c(C3CC3)cnn12. The molecule has 4 heteroatoms. The lowest BCUT2D eigenvalue weighted by atomic mass is 10.0. The summed E-state index contributed by atoms with van der Waals surface area (Å²) in [6, 6.07) is 2.01. The summed E-state index contributed by atoms with van der Waals surface area (Å²) in [4.78, 5) is 4.84. The Morgan fingerprint density at radius 1 is 1.21 bits per heavy atom. The van der Waals surface area contributed by atoms with Crippen LogP contribution in [0.4, 0.5) is 5.82 Å². The number of hydrogen-bond donors (Lipinski definition) is 1. The van der Waals surface area contributed by atoms with Crippen molar-refractivity contribution in [3.8, 4) is 0 Å². The van der Waals surface area contributed by atoms with Crippen molar-refractivity contribution in [2.24, 2.45) is 5.92 Å². The number of aromatic nitrogens is 3. The highest BCUT2D eigenvalue weighted by molar-refractivity contribution is 5.55. The molecule has 0 radical (unpaired) electrons. The van der Waals surface area contributed by atoms with E-state index in [1.807, 2.05) is 12.3 Å². The first-order valence-corrected chi connectivity index (χ1v) is 7.44. The van der Waals surface area contributed by atoms with Crippen LogP contribution in [0.25, 0.3) is 5.65 Å². The molecular formula is C15H20N4. The van der Waals surface area contributed by atoms with E-state index in [1.54, 1.807) is 4.52 Å². The van der Waals surface area contributed by atoms with E-state index in [4.69, 9.17) is 10.7 Å². The molecule has 0 aromatic carbocycles. The minimum absolute atomic E-state index is 0.672. The van der Waals surface area contributed by atoms with E-state index in [-0.39, 0.29) is 0 Å². The lowest BCUT2D eigenvalue weighted by molar-refractivity contribution is 0.539. The quantitative estimate of drug-likeness (QED) is 0.918. The van der Waals surface area contributed by atoms with Gasteiger partial charge in [-0.3, -0.25) is 0 Å².